The van der Waals surface area contributed by atoms with Crippen molar-refractivity contribution in [1.29, 1.82) is 0 Å². The first kappa shape index (κ1) is 34.2. The van der Waals surface area contributed by atoms with E-state index in [-0.39, 0.29) is 0 Å². The molecule has 0 atom stereocenters. The molecule has 3 aromatic heterocycles. The average molecular weight is 767 g/mol. The number of para-hydroxylation sites is 3. The smallest absolute Gasteiger partial charge is 0.135 e. The van der Waals surface area contributed by atoms with Gasteiger partial charge in [0.15, 0.2) is 0 Å². The van der Waals surface area contributed by atoms with E-state index in [1.165, 1.54) is 81.8 Å². The normalized spacial score (nSPS) is 12.1. The van der Waals surface area contributed by atoms with E-state index in [1.54, 1.807) is 0 Å². The van der Waals surface area contributed by atoms with Crippen LogP contribution in [0.5, 0.6) is 0 Å². The zero-order chi connectivity index (χ0) is 39.9. The first-order chi connectivity index (χ1) is 29.7. The van der Waals surface area contributed by atoms with Gasteiger partial charge >= 0.3 is 0 Å². The second-order valence-corrected chi connectivity index (χ2v) is 15.7. The molecular formula is C57H38N2O. The standard InChI is InChI=1S/C57H38N2O/c1-3-13-55-43(4-2)50-34-37(26-31-56(50)60-55)36-24-28-44-38(32-36)22-23-39-33-42(27-30-45(39)44)59-52-20-11-9-17-49(52)57-46(18-12-21-53(57)59)40-25-29-48-47-16-8-10-19-51(47)58(54(48)35-40)41-14-6-5-7-15-41/h3-35H,2H2,1H3/b13-3-. The molecule has 0 saturated heterocycles. The van der Waals surface area contributed by atoms with E-state index < -0.39 is 0 Å². The minimum absolute atomic E-state index is 0.839. The molecule has 12 rings (SSSR count). The summed E-state index contributed by atoms with van der Waals surface area (Å²) in [7, 11) is 0. The van der Waals surface area contributed by atoms with Crippen LogP contribution in [0, 0.1) is 0 Å². The van der Waals surface area contributed by atoms with Crippen molar-refractivity contribution in [2.24, 2.45) is 0 Å². The zero-order valence-corrected chi connectivity index (χ0v) is 33.1. The van der Waals surface area contributed by atoms with Gasteiger partial charge in [-0.25, -0.2) is 0 Å². The Kier molecular flexibility index (Phi) is 7.60. The van der Waals surface area contributed by atoms with Crippen LogP contribution in [-0.2, 0) is 0 Å². The van der Waals surface area contributed by atoms with Crippen LogP contribution < -0.4 is 0 Å². The minimum atomic E-state index is 0.839. The van der Waals surface area contributed by atoms with Crippen LogP contribution in [0.25, 0.3) is 122 Å². The Hall–Kier alpha value is -7.88. The van der Waals surface area contributed by atoms with Crippen molar-refractivity contribution < 1.29 is 4.42 Å². The molecule has 282 valence electrons. The lowest BCUT2D eigenvalue weighted by atomic mass is 9.96. The van der Waals surface area contributed by atoms with Crippen LogP contribution >= 0.6 is 0 Å². The summed E-state index contributed by atoms with van der Waals surface area (Å²) >= 11 is 0. The van der Waals surface area contributed by atoms with Crippen molar-refractivity contribution in [2.75, 3.05) is 0 Å². The molecule has 0 aliphatic carbocycles. The Balaban J connectivity index is 0.984. The zero-order valence-electron chi connectivity index (χ0n) is 33.1. The molecule has 0 fully saturated rings. The van der Waals surface area contributed by atoms with Crippen LogP contribution in [-0.4, -0.2) is 9.13 Å². The van der Waals surface area contributed by atoms with Crippen molar-refractivity contribution >= 4 is 88.3 Å². The van der Waals surface area contributed by atoms with Gasteiger partial charge in [0.25, 0.3) is 0 Å². The first-order valence-electron chi connectivity index (χ1n) is 20.6. The molecular weight excluding hydrogens is 729 g/mol. The highest BCUT2D eigenvalue weighted by Gasteiger charge is 2.19. The quantitative estimate of drug-likeness (QED) is 0.155. The fourth-order valence-corrected chi connectivity index (χ4v) is 9.71. The van der Waals surface area contributed by atoms with E-state index in [2.05, 4.69) is 198 Å². The van der Waals surface area contributed by atoms with Crippen LogP contribution in [0.2, 0.25) is 0 Å². The van der Waals surface area contributed by atoms with Crippen molar-refractivity contribution in [2.45, 2.75) is 6.92 Å². The summed E-state index contributed by atoms with van der Waals surface area (Å²) in [5.74, 6) is 0.839. The Labute approximate surface area is 347 Å². The molecule has 9 aromatic carbocycles. The van der Waals surface area contributed by atoms with Crippen LogP contribution in [0.15, 0.2) is 199 Å². The summed E-state index contributed by atoms with van der Waals surface area (Å²) < 4.78 is 11.0. The molecule has 0 bridgehead atoms. The Morgan fingerprint density at radius 2 is 1.08 bits per heavy atom. The number of nitrogens with zero attached hydrogens (tertiary/aromatic N) is 2. The van der Waals surface area contributed by atoms with Crippen molar-refractivity contribution in [3.05, 3.63) is 206 Å². The summed E-state index contributed by atoms with van der Waals surface area (Å²) in [6, 6.07) is 66.7. The highest BCUT2D eigenvalue weighted by molar-refractivity contribution is 6.18. The van der Waals surface area contributed by atoms with Gasteiger partial charge in [0.05, 0.1) is 22.1 Å². The molecule has 0 spiro atoms. The van der Waals surface area contributed by atoms with Gasteiger partial charge in [0.1, 0.15) is 11.3 Å². The fraction of sp³-hybridized carbons (Fsp3) is 0.0175. The van der Waals surface area contributed by atoms with Crippen molar-refractivity contribution in [3.8, 4) is 33.6 Å². The second-order valence-electron chi connectivity index (χ2n) is 15.7. The minimum Gasteiger partial charge on any atom is -0.456 e. The third-order valence-corrected chi connectivity index (χ3v) is 12.4. The second kappa shape index (κ2) is 13.3. The van der Waals surface area contributed by atoms with Gasteiger partial charge < -0.3 is 13.6 Å². The summed E-state index contributed by atoms with van der Waals surface area (Å²) in [5, 5.41) is 11.0. The van der Waals surface area contributed by atoms with E-state index in [0.717, 1.165) is 39.2 Å². The molecule has 0 aliphatic heterocycles. The number of hydrogen-bond acceptors (Lipinski definition) is 1. The summed E-state index contributed by atoms with van der Waals surface area (Å²) in [4.78, 5) is 0. The van der Waals surface area contributed by atoms with E-state index in [0.29, 0.717) is 0 Å². The Morgan fingerprint density at radius 1 is 0.450 bits per heavy atom. The maximum atomic E-state index is 6.13. The SMILES string of the molecule is C=Cc1c(/C=C\C)oc2ccc(-c3ccc4c(ccc5cc(-n6c7ccccc7c7c(-c8ccc9c%10ccccc%10n(-c%10ccccc%10)c9c8)cccc76)ccc54)c3)cc12. The van der Waals surface area contributed by atoms with E-state index in [9.17, 15) is 0 Å². The Bertz CT molecular complexity index is 3740. The third kappa shape index (κ3) is 5.09. The molecule has 60 heavy (non-hydrogen) atoms. The molecule has 0 amide bonds. The first-order valence-corrected chi connectivity index (χ1v) is 20.6. The van der Waals surface area contributed by atoms with E-state index >= 15 is 0 Å². The number of benzene rings is 9. The van der Waals surface area contributed by atoms with Gasteiger partial charge in [-0.1, -0.05) is 134 Å². The topological polar surface area (TPSA) is 23.0 Å². The number of rotatable bonds is 6. The molecule has 0 saturated carbocycles. The average Bonchev–Trinajstić information content (AvgIpc) is 3.95. The molecule has 12 aromatic rings. The molecule has 0 aliphatic rings. The van der Waals surface area contributed by atoms with Gasteiger partial charge in [-0.15, -0.1) is 0 Å². The summed E-state index contributed by atoms with van der Waals surface area (Å²) in [6.45, 7) is 6.07. The van der Waals surface area contributed by atoms with Crippen LogP contribution in [0.3, 0.4) is 0 Å². The number of allylic oxidation sites excluding steroid dienone is 1. The lowest BCUT2D eigenvalue weighted by molar-refractivity contribution is 0.603. The number of furan rings is 1. The van der Waals surface area contributed by atoms with Crippen molar-refractivity contribution in [3.63, 3.8) is 0 Å². The molecule has 3 nitrogen and oxygen atoms in total. The van der Waals surface area contributed by atoms with E-state index in [4.69, 9.17) is 4.42 Å². The van der Waals surface area contributed by atoms with Gasteiger partial charge in [-0.2, -0.15) is 0 Å². The predicted octanol–water partition coefficient (Wildman–Crippen LogP) is 15.9. The summed E-state index contributed by atoms with van der Waals surface area (Å²) in [6.07, 6.45) is 5.88. The van der Waals surface area contributed by atoms with Gasteiger partial charge in [0.2, 0.25) is 0 Å². The van der Waals surface area contributed by atoms with Crippen LogP contribution in [0.4, 0.5) is 0 Å². The number of hydrogen-bond donors (Lipinski definition) is 0. The summed E-state index contributed by atoms with van der Waals surface area (Å²) in [5.41, 5.74) is 13.7. The maximum absolute atomic E-state index is 6.13. The van der Waals surface area contributed by atoms with Gasteiger partial charge in [-0.05, 0) is 124 Å². The number of fused-ring (bicyclic) bond motifs is 10. The molecule has 3 heterocycles. The number of aromatic nitrogens is 2. The Morgan fingerprint density at radius 3 is 1.90 bits per heavy atom. The maximum Gasteiger partial charge on any atom is 0.135 e. The molecule has 0 unspecified atom stereocenters. The molecule has 0 radical (unpaired) electrons. The van der Waals surface area contributed by atoms with Gasteiger partial charge in [-0.3, -0.25) is 0 Å². The molecule has 0 N–H and O–H groups in total. The van der Waals surface area contributed by atoms with Gasteiger partial charge in [0, 0.05) is 43.9 Å². The highest BCUT2D eigenvalue weighted by atomic mass is 16.3. The monoisotopic (exact) mass is 766 g/mol. The van der Waals surface area contributed by atoms with Crippen LogP contribution in [0.1, 0.15) is 18.2 Å². The predicted molar refractivity (Wildman–Crippen MR) is 256 cm³/mol. The highest BCUT2D eigenvalue weighted by Crippen LogP contribution is 2.42. The molecule has 3 heteroatoms. The fourth-order valence-electron chi connectivity index (χ4n) is 9.71. The third-order valence-electron chi connectivity index (χ3n) is 12.4. The van der Waals surface area contributed by atoms with Crippen molar-refractivity contribution in [1.82, 2.24) is 9.13 Å². The van der Waals surface area contributed by atoms with E-state index in [1.807, 2.05) is 25.2 Å². The largest absolute Gasteiger partial charge is 0.456 e. The lowest BCUT2D eigenvalue weighted by Gasteiger charge is -2.12. The lowest BCUT2D eigenvalue weighted by Crippen LogP contribution is -1.94.